The smallest absolute Gasteiger partial charge is 0.318 e. The molecule has 2 amide bonds. The molecule has 130 valence electrons. The normalized spacial score (nSPS) is 18.8. The van der Waals surface area contributed by atoms with Crippen molar-refractivity contribution >= 4 is 15.9 Å². The van der Waals surface area contributed by atoms with Crippen molar-refractivity contribution in [1.82, 2.24) is 10.2 Å². The third kappa shape index (κ3) is 5.54. The van der Waals surface area contributed by atoms with Crippen molar-refractivity contribution in [3.63, 3.8) is 0 Å². The number of rotatable bonds is 6. The minimum Gasteiger partial charge on any atom is -0.467 e. The first-order valence-corrected chi connectivity index (χ1v) is 9.56. The van der Waals surface area contributed by atoms with Gasteiger partial charge in [-0.25, -0.2) is 13.2 Å². The number of nitrogens with zero attached hydrogens (tertiary/aromatic N) is 1. The van der Waals surface area contributed by atoms with E-state index in [4.69, 9.17) is 9.15 Å². The number of amides is 2. The monoisotopic (exact) mass is 344 g/mol. The average molecular weight is 344 g/mol. The molecule has 2 rings (SSSR count). The first-order chi connectivity index (χ1) is 10.9. The van der Waals surface area contributed by atoms with Crippen molar-refractivity contribution in [2.24, 2.45) is 5.92 Å². The maximum Gasteiger partial charge on any atom is 0.318 e. The van der Waals surface area contributed by atoms with Gasteiger partial charge in [0.1, 0.15) is 11.8 Å². The number of carbonyl (C=O) groups is 1. The van der Waals surface area contributed by atoms with Gasteiger partial charge in [0.05, 0.1) is 24.4 Å². The lowest BCUT2D eigenvalue weighted by molar-refractivity contribution is 0.0847. The summed E-state index contributed by atoms with van der Waals surface area (Å²) in [6.45, 7) is 5.43. The van der Waals surface area contributed by atoms with Crippen molar-refractivity contribution < 1.29 is 22.4 Å². The van der Waals surface area contributed by atoms with Gasteiger partial charge in [-0.15, -0.1) is 0 Å². The Labute approximate surface area is 136 Å². The van der Waals surface area contributed by atoms with E-state index in [2.05, 4.69) is 19.2 Å². The van der Waals surface area contributed by atoms with Crippen LogP contribution in [0.5, 0.6) is 0 Å². The van der Waals surface area contributed by atoms with Crippen LogP contribution in [0.25, 0.3) is 0 Å². The first-order valence-electron chi connectivity index (χ1n) is 7.74. The molecule has 1 aromatic rings. The number of hydrogen-bond donors (Lipinski definition) is 1. The molecule has 1 aromatic heterocycles. The number of ether oxygens (including phenoxy) is 1. The molecule has 0 radical (unpaired) electrons. The summed E-state index contributed by atoms with van der Waals surface area (Å²) in [5.74, 6) is 1.03. The van der Waals surface area contributed by atoms with Gasteiger partial charge in [-0.3, -0.25) is 0 Å². The summed E-state index contributed by atoms with van der Waals surface area (Å²) in [6.07, 6.45) is 1.55. The largest absolute Gasteiger partial charge is 0.467 e. The summed E-state index contributed by atoms with van der Waals surface area (Å²) in [5, 5.41) is 2.86. The molecule has 1 N–H and O–H groups in total. The second kappa shape index (κ2) is 7.83. The van der Waals surface area contributed by atoms with Crippen molar-refractivity contribution in [3.05, 3.63) is 24.2 Å². The summed E-state index contributed by atoms with van der Waals surface area (Å²) in [4.78, 5) is 13.8. The molecular weight excluding hydrogens is 320 g/mol. The predicted octanol–water partition coefficient (Wildman–Crippen LogP) is 1.43. The van der Waals surface area contributed by atoms with Gasteiger partial charge in [0, 0.05) is 19.7 Å². The van der Waals surface area contributed by atoms with Crippen molar-refractivity contribution in [2.45, 2.75) is 19.9 Å². The van der Waals surface area contributed by atoms with E-state index in [1.807, 2.05) is 0 Å². The quantitative estimate of drug-likeness (QED) is 0.843. The molecule has 1 saturated heterocycles. The third-order valence-electron chi connectivity index (χ3n) is 3.55. The molecule has 1 aliphatic heterocycles. The van der Waals surface area contributed by atoms with Crippen molar-refractivity contribution in [2.75, 3.05) is 37.8 Å². The highest BCUT2D eigenvalue weighted by atomic mass is 32.2. The Kier molecular flexibility index (Phi) is 6.06. The topological polar surface area (TPSA) is 88.9 Å². The van der Waals surface area contributed by atoms with Gasteiger partial charge >= 0.3 is 6.03 Å². The lowest BCUT2D eigenvalue weighted by Crippen LogP contribution is -2.49. The molecule has 2 heterocycles. The van der Waals surface area contributed by atoms with E-state index in [1.54, 1.807) is 18.4 Å². The molecule has 7 nitrogen and oxygen atoms in total. The van der Waals surface area contributed by atoms with Crippen molar-refractivity contribution in [1.29, 1.82) is 0 Å². The summed E-state index contributed by atoms with van der Waals surface area (Å²) < 4.78 is 33.9. The summed E-state index contributed by atoms with van der Waals surface area (Å²) >= 11 is 0. The fraction of sp³-hybridized carbons (Fsp3) is 0.667. The van der Waals surface area contributed by atoms with E-state index in [1.165, 1.54) is 4.90 Å². The van der Waals surface area contributed by atoms with Crippen LogP contribution in [0.1, 0.15) is 25.6 Å². The zero-order chi connectivity index (χ0) is 16.9. The number of nitrogens with one attached hydrogen (secondary N) is 1. The molecule has 1 aliphatic rings. The van der Waals surface area contributed by atoms with Gasteiger partial charge in [-0.1, -0.05) is 13.8 Å². The summed E-state index contributed by atoms with van der Waals surface area (Å²) in [6, 6.07) is 2.85. The van der Waals surface area contributed by atoms with Crippen LogP contribution in [0, 0.1) is 5.92 Å². The van der Waals surface area contributed by atoms with E-state index in [0.717, 1.165) is 0 Å². The number of sulfone groups is 1. The molecule has 0 aromatic carbocycles. The molecule has 8 heteroatoms. The van der Waals surface area contributed by atoms with Crippen LogP contribution >= 0.6 is 0 Å². The molecule has 0 unspecified atom stereocenters. The highest BCUT2D eigenvalue weighted by molar-refractivity contribution is 7.91. The molecule has 0 aliphatic carbocycles. The van der Waals surface area contributed by atoms with Gasteiger partial charge in [0.15, 0.2) is 9.84 Å². The molecule has 0 bridgehead atoms. The second-order valence-corrected chi connectivity index (χ2v) is 8.39. The highest BCUT2D eigenvalue weighted by Gasteiger charge is 2.27. The lowest BCUT2D eigenvalue weighted by Gasteiger charge is -2.28. The molecule has 0 spiro atoms. The van der Waals surface area contributed by atoms with E-state index in [9.17, 15) is 13.2 Å². The number of carbonyl (C=O) groups excluding carboxylic acids is 1. The van der Waals surface area contributed by atoms with Gasteiger partial charge in [-0.05, 0) is 18.1 Å². The van der Waals surface area contributed by atoms with Crippen LogP contribution in [0.3, 0.4) is 0 Å². The number of furan rings is 1. The fourth-order valence-electron chi connectivity index (χ4n) is 2.26. The van der Waals surface area contributed by atoms with Crippen LogP contribution < -0.4 is 5.32 Å². The van der Waals surface area contributed by atoms with E-state index >= 15 is 0 Å². The van der Waals surface area contributed by atoms with Gasteiger partial charge < -0.3 is 19.4 Å². The van der Waals surface area contributed by atoms with Gasteiger partial charge in [0.25, 0.3) is 0 Å². The van der Waals surface area contributed by atoms with Crippen LogP contribution in [0.15, 0.2) is 22.8 Å². The number of hydrogen-bond acceptors (Lipinski definition) is 5. The lowest BCUT2D eigenvalue weighted by atomic mass is 10.2. The Morgan fingerprint density at radius 1 is 1.35 bits per heavy atom. The highest BCUT2D eigenvalue weighted by Crippen LogP contribution is 2.15. The Morgan fingerprint density at radius 3 is 2.61 bits per heavy atom. The molecular formula is C15H24N2O5S. The van der Waals surface area contributed by atoms with Crippen LogP contribution in [0.4, 0.5) is 4.79 Å². The molecule has 0 saturated carbocycles. The summed E-state index contributed by atoms with van der Waals surface area (Å²) in [5.41, 5.74) is 0. The Hall–Kier alpha value is -1.54. The minimum absolute atomic E-state index is 0.00961. The summed E-state index contributed by atoms with van der Waals surface area (Å²) in [7, 11) is -3.01. The maximum atomic E-state index is 12.3. The average Bonchev–Trinajstić information content (AvgIpc) is 2.99. The fourth-order valence-corrected chi connectivity index (χ4v) is 3.46. The molecule has 1 fully saturated rings. The Bertz CT molecular complexity index is 583. The van der Waals surface area contributed by atoms with Crippen molar-refractivity contribution in [3.8, 4) is 0 Å². The maximum absolute atomic E-state index is 12.3. The third-order valence-corrected chi connectivity index (χ3v) is 5.16. The Balaban J connectivity index is 1.93. The molecule has 23 heavy (non-hydrogen) atoms. The second-order valence-electron chi connectivity index (χ2n) is 6.09. The van der Waals surface area contributed by atoms with E-state index in [0.29, 0.717) is 24.9 Å². The van der Waals surface area contributed by atoms with E-state index in [-0.39, 0.29) is 30.6 Å². The molecule has 1 atom stereocenters. The van der Waals surface area contributed by atoms with Crippen LogP contribution in [-0.2, 0) is 14.6 Å². The number of urea groups is 1. The van der Waals surface area contributed by atoms with Crippen LogP contribution in [0.2, 0.25) is 0 Å². The predicted molar refractivity (Wildman–Crippen MR) is 85.9 cm³/mol. The Morgan fingerprint density at radius 2 is 2.04 bits per heavy atom. The van der Waals surface area contributed by atoms with Gasteiger partial charge in [-0.2, -0.15) is 0 Å². The van der Waals surface area contributed by atoms with Crippen LogP contribution in [-0.4, -0.2) is 57.2 Å². The standard InChI is InChI=1S/C15H24N2O5S/c1-12(2)10-21-11-13(14-4-3-7-22-14)16-15(18)17-5-8-23(19,20)9-6-17/h3-4,7,12-13H,5-6,8-11H2,1-2H3,(H,16,18)/t13-/m0/s1. The minimum atomic E-state index is -3.01. The SMILES string of the molecule is CC(C)COC[C@H](NC(=O)N1CCS(=O)(=O)CC1)c1ccco1. The zero-order valence-corrected chi connectivity index (χ0v) is 14.3. The first kappa shape index (κ1) is 17.8. The van der Waals surface area contributed by atoms with Gasteiger partial charge in [0.2, 0.25) is 0 Å². The zero-order valence-electron chi connectivity index (χ0n) is 13.5. The van der Waals surface area contributed by atoms with E-state index < -0.39 is 15.9 Å².